The molecule has 0 fully saturated rings. The largest absolute Gasteiger partial charge is 0.294 e. The number of hydrogen-bond donors (Lipinski definition) is 0. The molecule has 0 aliphatic rings. The standard InChI is InChI=1S/C42H24N6/c43-25-27-15-18-29(19-16-27)31-8-1-2-9-32(31)30-23-40(47-37-13-5-4-11-34(37)36-22-28(26-44)17-20-39(36)47)46-41(24-30)48-38-14-6-3-10-33(38)35-12-7-21-45-42(35)48/h1-24H. The third kappa shape index (κ3) is 4.18. The summed E-state index contributed by atoms with van der Waals surface area (Å²) in [6.07, 6.45) is 1.82. The van der Waals surface area contributed by atoms with Gasteiger partial charge in [-0.05, 0) is 89.0 Å². The lowest BCUT2D eigenvalue weighted by molar-refractivity contribution is 1.00. The Balaban J connectivity index is 1.39. The lowest BCUT2D eigenvalue weighted by Gasteiger charge is -2.16. The quantitative estimate of drug-likeness (QED) is 0.198. The summed E-state index contributed by atoms with van der Waals surface area (Å²) in [5, 5.41) is 23.4. The lowest BCUT2D eigenvalue weighted by Crippen LogP contribution is -2.05. The number of pyridine rings is 2. The van der Waals surface area contributed by atoms with Crippen LogP contribution in [-0.2, 0) is 0 Å². The number of fused-ring (bicyclic) bond motifs is 6. The number of para-hydroxylation sites is 2. The van der Waals surface area contributed by atoms with Crippen molar-refractivity contribution in [3.8, 4) is 46.0 Å². The second-order valence-electron chi connectivity index (χ2n) is 11.7. The zero-order valence-corrected chi connectivity index (χ0v) is 25.5. The van der Waals surface area contributed by atoms with Crippen molar-refractivity contribution in [1.29, 1.82) is 10.5 Å². The summed E-state index contributed by atoms with van der Waals surface area (Å²) in [7, 11) is 0. The number of nitrogens with zero attached hydrogens (tertiary/aromatic N) is 6. The van der Waals surface area contributed by atoms with Crippen LogP contribution in [0.3, 0.4) is 0 Å². The van der Waals surface area contributed by atoms with Gasteiger partial charge in [0.1, 0.15) is 17.3 Å². The van der Waals surface area contributed by atoms with Crippen LogP contribution in [0.1, 0.15) is 11.1 Å². The molecule has 9 rings (SSSR count). The average molecular weight is 613 g/mol. The molecule has 0 amide bonds. The van der Waals surface area contributed by atoms with Crippen LogP contribution in [0, 0.1) is 22.7 Å². The van der Waals surface area contributed by atoms with Crippen LogP contribution < -0.4 is 0 Å². The van der Waals surface area contributed by atoms with Gasteiger partial charge in [0.15, 0.2) is 0 Å². The Bertz CT molecular complexity index is 2750. The summed E-state index contributed by atoms with van der Waals surface area (Å²) in [5.74, 6) is 1.48. The van der Waals surface area contributed by atoms with Crippen molar-refractivity contribution >= 4 is 43.7 Å². The lowest BCUT2D eigenvalue weighted by atomic mass is 9.94. The predicted molar refractivity (Wildman–Crippen MR) is 191 cm³/mol. The van der Waals surface area contributed by atoms with Crippen molar-refractivity contribution in [3.05, 3.63) is 157 Å². The molecule has 0 N–H and O–H groups in total. The van der Waals surface area contributed by atoms with Crippen LogP contribution in [-0.4, -0.2) is 19.1 Å². The van der Waals surface area contributed by atoms with E-state index in [0.29, 0.717) is 11.1 Å². The van der Waals surface area contributed by atoms with Gasteiger partial charge in [0.05, 0.1) is 39.8 Å². The minimum atomic E-state index is 0.612. The molecule has 0 saturated carbocycles. The first-order chi connectivity index (χ1) is 23.7. The zero-order valence-electron chi connectivity index (χ0n) is 25.5. The summed E-state index contributed by atoms with van der Waals surface area (Å²) in [4.78, 5) is 10.2. The Morgan fingerprint density at radius 3 is 1.75 bits per heavy atom. The molecule has 6 heteroatoms. The molecular formula is C42H24N6. The Morgan fingerprint density at radius 2 is 1.02 bits per heavy atom. The van der Waals surface area contributed by atoms with Crippen LogP contribution in [0.5, 0.6) is 0 Å². The van der Waals surface area contributed by atoms with E-state index in [-0.39, 0.29) is 0 Å². The molecule has 0 unspecified atom stereocenters. The minimum Gasteiger partial charge on any atom is -0.294 e. The van der Waals surface area contributed by atoms with Crippen molar-refractivity contribution in [2.24, 2.45) is 0 Å². The fourth-order valence-electron chi connectivity index (χ4n) is 6.91. The zero-order chi connectivity index (χ0) is 32.2. The molecule has 0 spiro atoms. The van der Waals surface area contributed by atoms with E-state index in [4.69, 9.17) is 9.97 Å². The molecule has 0 saturated heterocycles. The number of nitriles is 2. The molecule has 4 heterocycles. The Hall–Kier alpha value is -7.02. The molecule has 0 aliphatic heterocycles. The van der Waals surface area contributed by atoms with Crippen molar-refractivity contribution in [3.63, 3.8) is 0 Å². The van der Waals surface area contributed by atoms with Gasteiger partial charge in [-0.3, -0.25) is 9.13 Å². The third-order valence-corrected chi connectivity index (χ3v) is 9.05. The van der Waals surface area contributed by atoms with Gasteiger partial charge < -0.3 is 0 Å². The first kappa shape index (κ1) is 27.3. The highest BCUT2D eigenvalue weighted by atomic mass is 15.2. The fourth-order valence-corrected chi connectivity index (χ4v) is 6.91. The highest BCUT2D eigenvalue weighted by Gasteiger charge is 2.20. The van der Waals surface area contributed by atoms with E-state index < -0.39 is 0 Å². The van der Waals surface area contributed by atoms with Gasteiger partial charge in [0.2, 0.25) is 0 Å². The highest BCUT2D eigenvalue weighted by molar-refractivity contribution is 6.10. The summed E-state index contributed by atoms with van der Waals surface area (Å²) in [6.45, 7) is 0. The first-order valence-electron chi connectivity index (χ1n) is 15.6. The molecule has 0 atom stereocenters. The van der Waals surface area contributed by atoms with E-state index in [1.165, 1.54) is 0 Å². The second-order valence-corrected chi connectivity index (χ2v) is 11.7. The average Bonchev–Trinajstić information content (AvgIpc) is 3.67. The van der Waals surface area contributed by atoms with Gasteiger partial charge in [-0.15, -0.1) is 0 Å². The number of hydrogen-bond acceptors (Lipinski definition) is 4. The maximum Gasteiger partial charge on any atom is 0.146 e. The first-order valence-corrected chi connectivity index (χ1v) is 15.6. The van der Waals surface area contributed by atoms with E-state index in [1.54, 1.807) is 0 Å². The second kappa shape index (κ2) is 10.8. The number of rotatable bonds is 4. The Kier molecular flexibility index (Phi) is 6.15. The maximum atomic E-state index is 9.73. The van der Waals surface area contributed by atoms with Gasteiger partial charge in [-0.1, -0.05) is 72.8 Å². The van der Waals surface area contributed by atoms with Gasteiger partial charge in [0.25, 0.3) is 0 Å². The predicted octanol–water partition coefficient (Wildman–Crippen LogP) is 9.75. The molecule has 0 bridgehead atoms. The van der Waals surface area contributed by atoms with Crippen LogP contribution in [0.15, 0.2) is 146 Å². The Morgan fingerprint density at radius 1 is 0.458 bits per heavy atom. The van der Waals surface area contributed by atoms with Gasteiger partial charge in [-0.25, -0.2) is 9.97 Å². The molecule has 9 aromatic rings. The molecule has 5 aromatic carbocycles. The van der Waals surface area contributed by atoms with E-state index in [1.807, 2.05) is 85.1 Å². The van der Waals surface area contributed by atoms with E-state index in [0.717, 1.165) is 77.6 Å². The normalized spacial score (nSPS) is 11.3. The van der Waals surface area contributed by atoms with Gasteiger partial charge in [-0.2, -0.15) is 10.5 Å². The summed E-state index contributed by atoms with van der Waals surface area (Å²) in [5.41, 5.74) is 9.12. The van der Waals surface area contributed by atoms with E-state index in [2.05, 4.69) is 81.9 Å². The topological polar surface area (TPSA) is 83.2 Å². The van der Waals surface area contributed by atoms with Gasteiger partial charge >= 0.3 is 0 Å². The molecule has 4 aromatic heterocycles. The number of aromatic nitrogens is 4. The third-order valence-electron chi connectivity index (χ3n) is 9.05. The molecule has 48 heavy (non-hydrogen) atoms. The summed E-state index contributed by atoms with van der Waals surface area (Å²) in [6, 6.07) is 51.3. The Labute approximate surface area is 275 Å². The van der Waals surface area contributed by atoms with Crippen molar-refractivity contribution in [2.45, 2.75) is 0 Å². The van der Waals surface area contributed by atoms with Crippen LogP contribution in [0.2, 0.25) is 0 Å². The molecular weight excluding hydrogens is 589 g/mol. The fraction of sp³-hybridized carbons (Fsp3) is 0. The monoisotopic (exact) mass is 612 g/mol. The van der Waals surface area contributed by atoms with Crippen LogP contribution in [0.4, 0.5) is 0 Å². The van der Waals surface area contributed by atoms with Gasteiger partial charge in [0, 0.05) is 27.7 Å². The van der Waals surface area contributed by atoms with E-state index >= 15 is 0 Å². The van der Waals surface area contributed by atoms with Crippen molar-refractivity contribution < 1.29 is 0 Å². The summed E-state index contributed by atoms with van der Waals surface area (Å²) < 4.78 is 4.33. The smallest absolute Gasteiger partial charge is 0.146 e. The van der Waals surface area contributed by atoms with Crippen molar-refractivity contribution in [2.75, 3.05) is 0 Å². The summed E-state index contributed by atoms with van der Waals surface area (Å²) >= 11 is 0. The SMILES string of the molecule is N#Cc1ccc(-c2ccccc2-c2cc(-n3c4ccccc4c4cc(C#N)ccc43)nc(-n3c4ccccc4c4cccnc43)c2)cc1. The number of benzene rings is 5. The molecule has 222 valence electrons. The minimum absolute atomic E-state index is 0.612. The molecule has 0 radical (unpaired) electrons. The highest BCUT2D eigenvalue weighted by Crippen LogP contribution is 2.38. The molecule has 6 nitrogen and oxygen atoms in total. The molecule has 0 aliphatic carbocycles. The van der Waals surface area contributed by atoms with Crippen LogP contribution >= 0.6 is 0 Å². The van der Waals surface area contributed by atoms with Crippen molar-refractivity contribution in [1.82, 2.24) is 19.1 Å². The maximum absolute atomic E-state index is 9.73. The van der Waals surface area contributed by atoms with Crippen LogP contribution in [0.25, 0.3) is 77.6 Å². The van der Waals surface area contributed by atoms with E-state index in [9.17, 15) is 10.5 Å².